The van der Waals surface area contributed by atoms with Crippen molar-refractivity contribution in [1.82, 2.24) is 15.3 Å². The molecule has 40 heavy (non-hydrogen) atoms. The predicted molar refractivity (Wildman–Crippen MR) is 149 cm³/mol. The van der Waals surface area contributed by atoms with E-state index >= 15 is 0 Å². The highest BCUT2D eigenvalue weighted by Gasteiger charge is 2.31. The molecule has 2 aromatic carbocycles. The van der Waals surface area contributed by atoms with Crippen molar-refractivity contribution >= 4 is 29.2 Å². The van der Waals surface area contributed by atoms with Crippen LogP contribution in [0, 0.1) is 6.92 Å². The van der Waals surface area contributed by atoms with E-state index in [2.05, 4.69) is 15.2 Å². The summed E-state index contributed by atoms with van der Waals surface area (Å²) >= 11 is 1.49. The summed E-state index contributed by atoms with van der Waals surface area (Å²) in [5.74, 6) is 1.89. The number of amides is 1. The van der Waals surface area contributed by atoms with E-state index in [0.717, 1.165) is 23.1 Å². The number of benzene rings is 2. The largest absolute Gasteiger partial charge is 0.467 e. The Labute approximate surface area is 234 Å². The summed E-state index contributed by atoms with van der Waals surface area (Å²) in [6, 6.07) is 18.4. The van der Waals surface area contributed by atoms with E-state index in [4.69, 9.17) is 9.40 Å². The van der Waals surface area contributed by atoms with Gasteiger partial charge in [-0.2, -0.15) is 13.2 Å². The molecule has 0 saturated carbocycles. The molecule has 0 bridgehead atoms. The van der Waals surface area contributed by atoms with Crippen LogP contribution in [0.1, 0.15) is 32.9 Å². The zero-order chi connectivity index (χ0) is 28.1. The molecular weight excluding hydrogens is 539 g/mol. The first-order valence-corrected chi connectivity index (χ1v) is 13.8. The second-order valence-electron chi connectivity index (χ2n) is 9.42. The van der Waals surface area contributed by atoms with Crippen LogP contribution < -0.4 is 15.1 Å². The summed E-state index contributed by atoms with van der Waals surface area (Å²) in [4.78, 5) is 26.0. The van der Waals surface area contributed by atoms with Gasteiger partial charge in [0.15, 0.2) is 5.16 Å². The Morgan fingerprint density at radius 1 is 0.975 bits per heavy atom. The van der Waals surface area contributed by atoms with E-state index in [0.29, 0.717) is 60.6 Å². The number of anilines is 2. The summed E-state index contributed by atoms with van der Waals surface area (Å²) in [5.41, 5.74) is 2.30. The SMILES string of the molecule is Cc1cc(N2CCN(c3cccc(C(F)(F)F)c3)CC2)nc(SCc2cccc(C(=O)NCc3ccco3)c2)n1. The minimum absolute atomic E-state index is 0.179. The molecule has 4 aromatic rings. The normalized spacial score (nSPS) is 13.9. The highest BCUT2D eigenvalue weighted by Crippen LogP contribution is 2.32. The third-order valence-electron chi connectivity index (χ3n) is 6.52. The van der Waals surface area contributed by atoms with Gasteiger partial charge in [0, 0.05) is 54.9 Å². The molecule has 3 heterocycles. The van der Waals surface area contributed by atoms with Crippen molar-refractivity contribution < 1.29 is 22.4 Å². The molecule has 1 aliphatic heterocycles. The average molecular weight is 568 g/mol. The zero-order valence-corrected chi connectivity index (χ0v) is 22.6. The molecule has 1 fully saturated rings. The Hall–Kier alpha value is -3.99. The fourth-order valence-electron chi connectivity index (χ4n) is 4.46. The number of nitrogens with zero attached hydrogens (tertiary/aromatic N) is 4. The van der Waals surface area contributed by atoms with Crippen LogP contribution in [0.4, 0.5) is 24.7 Å². The monoisotopic (exact) mass is 567 g/mol. The molecule has 1 saturated heterocycles. The first kappa shape index (κ1) is 27.6. The molecule has 2 aromatic heterocycles. The van der Waals surface area contributed by atoms with Gasteiger partial charge in [-0.1, -0.05) is 30.0 Å². The molecule has 11 heteroatoms. The van der Waals surface area contributed by atoms with Crippen molar-refractivity contribution in [1.29, 1.82) is 0 Å². The van der Waals surface area contributed by atoms with Crippen LogP contribution in [0.15, 0.2) is 82.6 Å². The van der Waals surface area contributed by atoms with Crippen LogP contribution in [0.3, 0.4) is 0 Å². The summed E-state index contributed by atoms with van der Waals surface area (Å²) in [6.07, 6.45) is -2.79. The smallest absolute Gasteiger partial charge is 0.416 e. The Morgan fingerprint density at radius 3 is 2.50 bits per heavy atom. The first-order chi connectivity index (χ1) is 19.2. The molecule has 0 radical (unpaired) electrons. The Balaban J connectivity index is 1.18. The fraction of sp³-hybridized carbons (Fsp3) is 0.276. The molecule has 7 nitrogen and oxygen atoms in total. The van der Waals surface area contributed by atoms with Gasteiger partial charge in [0.2, 0.25) is 0 Å². The van der Waals surface area contributed by atoms with E-state index in [1.165, 1.54) is 23.9 Å². The quantitative estimate of drug-likeness (QED) is 0.209. The van der Waals surface area contributed by atoms with Gasteiger partial charge < -0.3 is 19.5 Å². The molecule has 0 spiro atoms. The summed E-state index contributed by atoms with van der Waals surface area (Å²) in [6.45, 7) is 4.66. The molecule has 1 aliphatic rings. The molecule has 1 N–H and O–H groups in total. The van der Waals surface area contributed by atoms with E-state index < -0.39 is 11.7 Å². The number of alkyl halides is 3. The number of aromatic nitrogens is 2. The molecule has 0 aliphatic carbocycles. The number of furan rings is 1. The highest BCUT2D eigenvalue weighted by atomic mass is 32.2. The van der Waals surface area contributed by atoms with Crippen molar-refractivity contribution in [2.24, 2.45) is 0 Å². The molecule has 208 valence electrons. The van der Waals surface area contributed by atoms with E-state index in [-0.39, 0.29) is 5.91 Å². The van der Waals surface area contributed by atoms with Gasteiger partial charge >= 0.3 is 6.18 Å². The first-order valence-electron chi connectivity index (χ1n) is 12.8. The van der Waals surface area contributed by atoms with Gasteiger partial charge in [-0.05, 0) is 55.0 Å². The molecule has 0 unspecified atom stereocenters. The van der Waals surface area contributed by atoms with Crippen molar-refractivity contribution in [3.8, 4) is 0 Å². The van der Waals surface area contributed by atoms with Crippen molar-refractivity contribution in [3.05, 3.63) is 101 Å². The zero-order valence-electron chi connectivity index (χ0n) is 21.8. The lowest BCUT2D eigenvalue weighted by Crippen LogP contribution is -2.47. The van der Waals surface area contributed by atoms with Crippen molar-refractivity contribution in [2.75, 3.05) is 36.0 Å². The number of carbonyl (C=O) groups is 1. The van der Waals surface area contributed by atoms with E-state index in [1.807, 2.05) is 36.1 Å². The van der Waals surface area contributed by atoms with Crippen LogP contribution in [0.2, 0.25) is 0 Å². The van der Waals surface area contributed by atoms with Gasteiger partial charge in [-0.15, -0.1) is 0 Å². The molecule has 1 amide bonds. The lowest BCUT2D eigenvalue weighted by molar-refractivity contribution is -0.137. The summed E-state index contributed by atoms with van der Waals surface area (Å²) < 4.78 is 44.7. The lowest BCUT2D eigenvalue weighted by atomic mass is 10.1. The number of nitrogens with one attached hydrogen (secondary N) is 1. The summed E-state index contributed by atoms with van der Waals surface area (Å²) in [5, 5.41) is 3.48. The highest BCUT2D eigenvalue weighted by molar-refractivity contribution is 7.98. The number of halogens is 3. The maximum atomic E-state index is 13.1. The third-order valence-corrected chi connectivity index (χ3v) is 7.44. The third kappa shape index (κ3) is 6.95. The number of rotatable bonds is 8. The fourth-order valence-corrected chi connectivity index (χ4v) is 5.30. The van der Waals surface area contributed by atoms with Gasteiger partial charge in [0.25, 0.3) is 5.91 Å². The van der Waals surface area contributed by atoms with Crippen LogP contribution in [0.25, 0.3) is 0 Å². The van der Waals surface area contributed by atoms with Gasteiger partial charge in [-0.3, -0.25) is 4.79 Å². The second-order valence-corrected chi connectivity index (χ2v) is 10.4. The topological polar surface area (TPSA) is 74.5 Å². The molecule has 0 atom stereocenters. The van der Waals surface area contributed by atoms with Gasteiger partial charge in [-0.25, -0.2) is 9.97 Å². The van der Waals surface area contributed by atoms with Gasteiger partial charge in [0.1, 0.15) is 11.6 Å². The minimum atomic E-state index is -4.36. The van der Waals surface area contributed by atoms with Crippen LogP contribution in [-0.4, -0.2) is 42.1 Å². The Morgan fingerprint density at radius 2 is 1.75 bits per heavy atom. The second kappa shape index (κ2) is 12.0. The number of hydrogen-bond donors (Lipinski definition) is 1. The number of carbonyl (C=O) groups excluding carboxylic acids is 1. The van der Waals surface area contributed by atoms with E-state index in [1.54, 1.807) is 30.5 Å². The van der Waals surface area contributed by atoms with Crippen molar-refractivity contribution in [2.45, 2.75) is 30.6 Å². The number of aryl methyl sites for hydroxylation is 1. The minimum Gasteiger partial charge on any atom is -0.467 e. The van der Waals surface area contributed by atoms with Crippen molar-refractivity contribution in [3.63, 3.8) is 0 Å². The average Bonchev–Trinajstić information content (AvgIpc) is 3.48. The Kier molecular flexibility index (Phi) is 8.29. The predicted octanol–water partition coefficient (Wildman–Crippen LogP) is 5.95. The van der Waals surface area contributed by atoms with Crippen LogP contribution in [0.5, 0.6) is 0 Å². The van der Waals surface area contributed by atoms with Gasteiger partial charge in [0.05, 0.1) is 18.4 Å². The van der Waals surface area contributed by atoms with Crippen LogP contribution >= 0.6 is 11.8 Å². The number of thioether (sulfide) groups is 1. The standard InChI is InChI=1S/C29H28F3N5O2S/c1-20-15-26(37-12-10-36(11-13-37)24-8-3-7-23(17-24)29(30,31)32)35-28(34-20)40-19-21-5-2-6-22(16-21)27(38)33-18-25-9-4-14-39-25/h2-9,14-17H,10-13,18-19H2,1H3,(H,33,38). The molecular formula is C29H28F3N5O2S. The maximum absolute atomic E-state index is 13.1. The Bertz CT molecular complexity index is 1450. The number of piperazine rings is 1. The van der Waals surface area contributed by atoms with E-state index in [9.17, 15) is 18.0 Å². The van der Waals surface area contributed by atoms with Crippen LogP contribution in [-0.2, 0) is 18.5 Å². The lowest BCUT2D eigenvalue weighted by Gasteiger charge is -2.37. The molecule has 5 rings (SSSR count). The number of hydrogen-bond acceptors (Lipinski definition) is 7. The maximum Gasteiger partial charge on any atom is 0.416 e. The summed E-state index contributed by atoms with van der Waals surface area (Å²) in [7, 11) is 0.